The molecule has 2 aromatic rings. The lowest BCUT2D eigenvalue weighted by Gasteiger charge is -2.14. The predicted octanol–water partition coefficient (Wildman–Crippen LogP) is 3.03. The molecule has 112 valence electrons. The van der Waals surface area contributed by atoms with Crippen molar-refractivity contribution in [2.75, 3.05) is 12.3 Å². The fraction of sp³-hybridized carbons (Fsp3) is 0.400. The van der Waals surface area contributed by atoms with E-state index in [0.29, 0.717) is 22.1 Å². The van der Waals surface area contributed by atoms with Gasteiger partial charge in [-0.2, -0.15) is 0 Å². The largest absolute Gasteiger partial charge is 0.397 e. The minimum Gasteiger partial charge on any atom is -0.397 e. The van der Waals surface area contributed by atoms with Crippen molar-refractivity contribution in [2.45, 2.75) is 25.4 Å². The van der Waals surface area contributed by atoms with E-state index < -0.39 is 0 Å². The zero-order chi connectivity index (χ0) is 15.0. The smallest absolute Gasteiger partial charge is 0.263 e. The molecule has 1 amide bonds. The molecule has 1 fully saturated rings. The molecule has 4 N–H and O–H groups in total. The number of aliphatic hydroxyl groups excluding tert-OH is 1. The van der Waals surface area contributed by atoms with E-state index in [4.69, 9.17) is 17.3 Å². The number of halogens is 1. The molecule has 4 nitrogen and oxygen atoms in total. The average Bonchev–Trinajstić information content (AvgIpc) is 3.01. The van der Waals surface area contributed by atoms with Gasteiger partial charge in [0.05, 0.1) is 11.8 Å². The van der Waals surface area contributed by atoms with Crippen molar-refractivity contribution in [1.82, 2.24) is 5.32 Å². The summed E-state index contributed by atoms with van der Waals surface area (Å²) in [5.74, 6) is -0.0251. The molecule has 0 saturated heterocycles. The van der Waals surface area contributed by atoms with Crippen LogP contribution in [0.25, 0.3) is 10.1 Å². The molecule has 0 radical (unpaired) electrons. The number of carbonyl (C=O) groups excluding carboxylic acids is 1. The number of nitrogen functional groups attached to an aromatic ring is 1. The summed E-state index contributed by atoms with van der Waals surface area (Å²) in [6, 6.07) is 5.44. The quantitative estimate of drug-likeness (QED) is 0.812. The van der Waals surface area contributed by atoms with Crippen molar-refractivity contribution in [2.24, 2.45) is 5.92 Å². The Kier molecular flexibility index (Phi) is 4.06. The number of aliphatic hydroxyl groups is 1. The zero-order valence-electron chi connectivity index (χ0n) is 11.4. The molecule has 1 aromatic carbocycles. The molecule has 1 aliphatic carbocycles. The second kappa shape index (κ2) is 5.83. The number of benzene rings is 1. The summed E-state index contributed by atoms with van der Waals surface area (Å²) in [7, 11) is 0. The molecule has 6 heteroatoms. The van der Waals surface area contributed by atoms with Crippen molar-refractivity contribution in [1.29, 1.82) is 0 Å². The van der Waals surface area contributed by atoms with Crippen molar-refractivity contribution in [3.63, 3.8) is 0 Å². The van der Waals surface area contributed by atoms with Crippen LogP contribution in [0.2, 0.25) is 5.02 Å². The molecular formula is C15H17ClN2O2S. The van der Waals surface area contributed by atoms with Crippen molar-refractivity contribution in [3.05, 3.63) is 28.1 Å². The number of hydrogen-bond acceptors (Lipinski definition) is 4. The summed E-state index contributed by atoms with van der Waals surface area (Å²) in [4.78, 5) is 12.8. The number of hydrogen-bond donors (Lipinski definition) is 3. The molecule has 3 rings (SSSR count). The molecule has 1 heterocycles. The van der Waals surface area contributed by atoms with E-state index >= 15 is 0 Å². The molecule has 1 saturated carbocycles. The first-order valence-electron chi connectivity index (χ1n) is 7.00. The monoisotopic (exact) mass is 324 g/mol. The second-order valence-electron chi connectivity index (χ2n) is 5.45. The number of fused-ring (bicyclic) bond motifs is 1. The van der Waals surface area contributed by atoms with Crippen LogP contribution in [0.4, 0.5) is 5.69 Å². The van der Waals surface area contributed by atoms with Gasteiger partial charge in [0.2, 0.25) is 0 Å². The van der Waals surface area contributed by atoms with Crippen LogP contribution in [0.3, 0.4) is 0 Å². The Morgan fingerprint density at radius 3 is 3.00 bits per heavy atom. The van der Waals surface area contributed by atoms with Crippen LogP contribution in [0.1, 0.15) is 28.9 Å². The fourth-order valence-electron chi connectivity index (χ4n) is 2.82. The highest BCUT2D eigenvalue weighted by atomic mass is 35.5. The Bertz CT molecular complexity index is 686. The lowest BCUT2D eigenvalue weighted by atomic mass is 10.1. The topological polar surface area (TPSA) is 75.4 Å². The molecule has 0 bridgehead atoms. The number of carbonyl (C=O) groups is 1. The molecule has 2 atom stereocenters. The van der Waals surface area contributed by atoms with Gasteiger partial charge in [-0.1, -0.05) is 18.0 Å². The molecule has 0 spiro atoms. The Labute approximate surface area is 131 Å². The number of amides is 1. The standard InChI is InChI=1S/C15H17ClN2O2S/c16-9-4-5-12-10(6-9)13(17)14(21-12)15(20)18-7-8-2-1-3-11(8)19/h4-6,8,11,19H,1-3,7,17H2,(H,18,20). The number of rotatable bonds is 3. The first-order chi connectivity index (χ1) is 10.1. The molecular weight excluding hydrogens is 308 g/mol. The number of anilines is 1. The van der Waals surface area contributed by atoms with Crippen molar-refractivity contribution < 1.29 is 9.90 Å². The summed E-state index contributed by atoms with van der Waals surface area (Å²) in [6.07, 6.45) is 2.50. The second-order valence-corrected chi connectivity index (χ2v) is 6.94. The van der Waals surface area contributed by atoms with Crippen LogP contribution >= 0.6 is 22.9 Å². The van der Waals surface area contributed by atoms with E-state index in [1.54, 1.807) is 12.1 Å². The first-order valence-corrected chi connectivity index (χ1v) is 8.19. The minimum atomic E-state index is -0.302. The average molecular weight is 325 g/mol. The van der Waals surface area contributed by atoms with E-state index in [1.807, 2.05) is 6.07 Å². The molecule has 21 heavy (non-hydrogen) atoms. The first kappa shape index (κ1) is 14.6. The molecule has 2 unspecified atom stereocenters. The van der Waals surface area contributed by atoms with Gasteiger partial charge in [-0.05, 0) is 31.0 Å². The Hall–Kier alpha value is -1.30. The van der Waals surface area contributed by atoms with Crippen LogP contribution in [0, 0.1) is 5.92 Å². The summed E-state index contributed by atoms with van der Waals surface area (Å²) >= 11 is 7.33. The highest BCUT2D eigenvalue weighted by Gasteiger charge is 2.26. The van der Waals surface area contributed by atoms with E-state index in [-0.39, 0.29) is 17.9 Å². The van der Waals surface area contributed by atoms with Crippen LogP contribution in [0.5, 0.6) is 0 Å². The van der Waals surface area contributed by atoms with E-state index in [0.717, 1.165) is 29.3 Å². The van der Waals surface area contributed by atoms with Crippen molar-refractivity contribution >= 4 is 44.6 Å². The van der Waals surface area contributed by atoms with E-state index in [9.17, 15) is 9.90 Å². The van der Waals surface area contributed by atoms with Gasteiger partial charge < -0.3 is 16.2 Å². The van der Waals surface area contributed by atoms with Crippen LogP contribution in [0.15, 0.2) is 18.2 Å². The van der Waals surface area contributed by atoms with Gasteiger partial charge in [-0.15, -0.1) is 11.3 Å². The zero-order valence-corrected chi connectivity index (χ0v) is 13.0. The van der Waals surface area contributed by atoms with Crippen LogP contribution < -0.4 is 11.1 Å². The van der Waals surface area contributed by atoms with Crippen LogP contribution in [-0.4, -0.2) is 23.7 Å². The van der Waals surface area contributed by atoms with Gasteiger partial charge in [-0.3, -0.25) is 4.79 Å². The molecule has 0 aliphatic heterocycles. The molecule has 1 aromatic heterocycles. The van der Waals surface area contributed by atoms with Gasteiger partial charge in [0.15, 0.2) is 0 Å². The van der Waals surface area contributed by atoms with Gasteiger partial charge >= 0.3 is 0 Å². The van der Waals surface area contributed by atoms with Gasteiger partial charge in [0.25, 0.3) is 5.91 Å². The number of nitrogens with two attached hydrogens (primary N) is 1. The number of thiophene rings is 1. The third-order valence-electron chi connectivity index (χ3n) is 4.04. The predicted molar refractivity (Wildman–Crippen MR) is 86.9 cm³/mol. The fourth-order valence-corrected chi connectivity index (χ4v) is 4.01. The van der Waals surface area contributed by atoms with Gasteiger partial charge in [0, 0.05) is 27.6 Å². The maximum absolute atomic E-state index is 12.3. The maximum atomic E-state index is 12.3. The summed E-state index contributed by atoms with van der Waals surface area (Å²) in [5, 5.41) is 14.1. The minimum absolute atomic E-state index is 0.152. The van der Waals surface area contributed by atoms with E-state index in [1.165, 1.54) is 11.3 Å². The Balaban J connectivity index is 1.76. The third-order valence-corrected chi connectivity index (χ3v) is 5.46. The van der Waals surface area contributed by atoms with E-state index in [2.05, 4.69) is 5.32 Å². The van der Waals surface area contributed by atoms with Gasteiger partial charge in [-0.25, -0.2) is 0 Å². The summed E-state index contributed by atoms with van der Waals surface area (Å²) in [5.41, 5.74) is 6.54. The lowest BCUT2D eigenvalue weighted by Crippen LogP contribution is -2.32. The normalized spacial score (nSPS) is 21.8. The third kappa shape index (κ3) is 2.86. The molecule has 1 aliphatic rings. The number of nitrogens with one attached hydrogen (secondary N) is 1. The summed E-state index contributed by atoms with van der Waals surface area (Å²) < 4.78 is 0.947. The Morgan fingerprint density at radius 2 is 2.29 bits per heavy atom. The van der Waals surface area contributed by atoms with Crippen molar-refractivity contribution in [3.8, 4) is 0 Å². The van der Waals surface area contributed by atoms with Gasteiger partial charge in [0.1, 0.15) is 4.88 Å². The maximum Gasteiger partial charge on any atom is 0.263 e. The highest BCUT2D eigenvalue weighted by molar-refractivity contribution is 7.21. The summed E-state index contributed by atoms with van der Waals surface area (Å²) in [6.45, 7) is 0.494. The van der Waals surface area contributed by atoms with Crippen LogP contribution in [-0.2, 0) is 0 Å². The Morgan fingerprint density at radius 1 is 1.48 bits per heavy atom. The lowest BCUT2D eigenvalue weighted by molar-refractivity contribution is 0.0921. The highest BCUT2D eigenvalue weighted by Crippen LogP contribution is 2.35. The SMILES string of the molecule is Nc1c(C(=O)NCC2CCCC2O)sc2ccc(Cl)cc12.